The summed E-state index contributed by atoms with van der Waals surface area (Å²) >= 11 is 0. The zero-order valence-corrected chi connectivity index (χ0v) is 15.3. The zero-order chi connectivity index (χ0) is 17.6. The number of nitrogens with zero attached hydrogens (tertiary/aromatic N) is 6. The van der Waals surface area contributed by atoms with E-state index < -0.39 is 0 Å². The molecule has 2 aromatic heterocycles. The smallest absolute Gasteiger partial charge is 0.254 e. The standard InChI is InChI=1S/C19H24N6/c1-13-6-5-7-17(10-13)24-9-8-23(11-14(24)2)18-15(3)16(4)22-19-20-12-21-25(18)19/h5-7,10,12,14H,8-9,11H2,1-4H3/t14-/m1/s1. The first-order valence-electron chi connectivity index (χ1n) is 8.80. The lowest BCUT2D eigenvalue weighted by atomic mass is 10.1. The third-order valence-corrected chi connectivity index (χ3v) is 5.14. The van der Waals surface area contributed by atoms with E-state index >= 15 is 0 Å². The number of aromatic nitrogens is 4. The Morgan fingerprint density at radius 3 is 2.72 bits per heavy atom. The molecule has 1 aromatic carbocycles. The Balaban J connectivity index is 1.65. The zero-order valence-electron chi connectivity index (χ0n) is 15.3. The van der Waals surface area contributed by atoms with Crippen LogP contribution in [-0.2, 0) is 0 Å². The molecule has 1 fully saturated rings. The predicted molar refractivity (Wildman–Crippen MR) is 100 cm³/mol. The minimum Gasteiger partial charge on any atom is -0.365 e. The van der Waals surface area contributed by atoms with Gasteiger partial charge >= 0.3 is 0 Å². The number of anilines is 2. The van der Waals surface area contributed by atoms with Crippen molar-refractivity contribution in [2.24, 2.45) is 0 Å². The highest BCUT2D eigenvalue weighted by Crippen LogP contribution is 2.27. The summed E-state index contributed by atoms with van der Waals surface area (Å²) in [5, 5.41) is 4.40. The van der Waals surface area contributed by atoms with Crippen LogP contribution in [0.1, 0.15) is 23.7 Å². The molecule has 0 aliphatic carbocycles. The molecule has 0 bridgehead atoms. The molecule has 3 heterocycles. The van der Waals surface area contributed by atoms with E-state index in [2.05, 4.69) is 69.9 Å². The summed E-state index contributed by atoms with van der Waals surface area (Å²) < 4.78 is 1.87. The van der Waals surface area contributed by atoms with E-state index in [1.165, 1.54) is 16.8 Å². The Morgan fingerprint density at radius 2 is 1.96 bits per heavy atom. The summed E-state index contributed by atoms with van der Waals surface area (Å²) in [6, 6.07) is 9.18. The summed E-state index contributed by atoms with van der Waals surface area (Å²) in [7, 11) is 0. The molecule has 3 aromatic rings. The number of benzene rings is 1. The largest absolute Gasteiger partial charge is 0.365 e. The van der Waals surface area contributed by atoms with Crippen molar-refractivity contribution >= 4 is 17.3 Å². The van der Waals surface area contributed by atoms with Gasteiger partial charge in [0.1, 0.15) is 12.1 Å². The van der Waals surface area contributed by atoms with Crippen LogP contribution in [0.4, 0.5) is 11.5 Å². The summed E-state index contributed by atoms with van der Waals surface area (Å²) in [4.78, 5) is 13.7. The normalized spacial score (nSPS) is 18.2. The van der Waals surface area contributed by atoms with Gasteiger partial charge in [0, 0.05) is 42.6 Å². The van der Waals surface area contributed by atoms with Gasteiger partial charge in [-0.2, -0.15) is 14.6 Å². The van der Waals surface area contributed by atoms with Crippen molar-refractivity contribution in [3.05, 3.63) is 47.4 Å². The van der Waals surface area contributed by atoms with Gasteiger partial charge in [-0.3, -0.25) is 0 Å². The third-order valence-electron chi connectivity index (χ3n) is 5.14. The lowest BCUT2D eigenvalue weighted by Crippen LogP contribution is -2.53. The minimum absolute atomic E-state index is 0.419. The lowest BCUT2D eigenvalue weighted by Gasteiger charge is -2.42. The van der Waals surface area contributed by atoms with Crippen LogP contribution in [0, 0.1) is 20.8 Å². The van der Waals surface area contributed by atoms with Crippen LogP contribution in [0.2, 0.25) is 0 Å². The molecule has 6 heteroatoms. The fraction of sp³-hybridized carbons (Fsp3) is 0.421. The molecule has 6 nitrogen and oxygen atoms in total. The fourth-order valence-electron chi connectivity index (χ4n) is 3.73. The average Bonchev–Trinajstić information content (AvgIpc) is 3.03. The van der Waals surface area contributed by atoms with Gasteiger partial charge in [-0.15, -0.1) is 0 Å². The van der Waals surface area contributed by atoms with Gasteiger partial charge in [-0.25, -0.2) is 4.98 Å². The van der Waals surface area contributed by atoms with Gasteiger partial charge < -0.3 is 9.80 Å². The number of fused-ring (bicyclic) bond motifs is 1. The van der Waals surface area contributed by atoms with Crippen molar-refractivity contribution < 1.29 is 0 Å². The van der Waals surface area contributed by atoms with Crippen molar-refractivity contribution in [1.29, 1.82) is 0 Å². The maximum absolute atomic E-state index is 4.53. The van der Waals surface area contributed by atoms with Gasteiger partial charge in [0.15, 0.2) is 0 Å². The van der Waals surface area contributed by atoms with Gasteiger partial charge in [0.25, 0.3) is 5.78 Å². The Kier molecular flexibility index (Phi) is 3.82. The maximum atomic E-state index is 4.53. The van der Waals surface area contributed by atoms with Gasteiger partial charge in [0.2, 0.25) is 0 Å². The number of hydrogen-bond acceptors (Lipinski definition) is 5. The molecule has 4 rings (SSSR count). The van der Waals surface area contributed by atoms with E-state index in [-0.39, 0.29) is 0 Å². The minimum atomic E-state index is 0.419. The summed E-state index contributed by atoms with van der Waals surface area (Å²) in [6.45, 7) is 11.5. The SMILES string of the molecule is Cc1cccc(N2CCN(c3c(C)c(C)nc4ncnn34)C[C@H]2C)c1. The topological polar surface area (TPSA) is 49.6 Å². The van der Waals surface area contributed by atoms with E-state index in [0.29, 0.717) is 11.8 Å². The molecule has 0 unspecified atom stereocenters. The molecule has 0 amide bonds. The second-order valence-corrected chi connectivity index (χ2v) is 6.95. The monoisotopic (exact) mass is 336 g/mol. The van der Waals surface area contributed by atoms with Crippen LogP contribution in [0.15, 0.2) is 30.6 Å². The van der Waals surface area contributed by atoms with Crippen LogP contribution < -0.4 is 9.80 Å². The Hall–Kier alpha value is -2.63. The number of rotatable bonds is 2. The maximum Gasteiger partial charge on any atom is 0.254 e. The van der Waals surface area contributed by atoms with Gasteiger partial charge in [-0.05, 0) is 45.4 Å². The fourth-order valence-corrected chi connectivity index (χ4v) is 3.73. The Labute approximate surface area is 148 Å². The van der Waals surface area contributed by atoms with Gasteiger partial charge in [0.05, 0.1) is 0 Å². The van der Waals surface area contributed by atoms with Crippen molar-refractivity contribution in [3.63, 3.8) is 0 Å². The van der Waals surface area contributed by atoms with Crippen LogP contribution in [0.5, 0.6) is 0 Å². The quantitative estimate of drug-likeness (QED) is 0.720. The van der Waals surface area contributed by atoms with E-state index in [0.717, 1.165) is 31.1 Å². The Morgan fingerprint density at radius 1 is 1.12 bits per heavy atom. The van der Waals surface area contributed by atoms with E-state index in [4.69, 9.17) is 0 Å². The number of aryl methyl sites for hydroxylation is 2. The molecule has 0 radical (unpaired) electrons. The highest BCUT2D eigenvalue weighted by molar-refractivity contribution is 5.57. The third kappa shape index (κ3) is 2.71. The van der Waals surface area contributed by atoms with Crippen molar-refractivity contribution in [3.8, 4) is 0 Å². The summed E-state index contributed by atoms with van der Waals surface area (Å²) in [5.41, 5.74) is 4.80. The van der Waals surface area contributed by atoms with E-state index in [9.17, 15) is 0 Å². The first-order valence-corrected chi connectivity index (χ1v) is 8.80. The summed E-state index contributed by atoms with van der Waals surface area (Å²) in [6.07, 6.45) is 1.58. The molecule has 0 N–H and O–H groups in total. The number of hydrogen-bond donors (Lipinski definition) is 0. The molecular formula is C19H24N6. The first-order chi connectivity index (χ1) is 12.0. The molecule has 0 saturated carbocycles. The van der Waals surface area contributed by atoms with Crippen LogP contribution >= 0.6 is 0 Å². The van der Waals surface area contributed by atoms with Gasteiger partial charge in [-0.1, -0.05) is 12.1 Å². The second kappa shape index (κ2) is 6.02. The Bertz CT molecular complexity index is 915. The molecule has 1 atom stereocenters. The van der Waals surface area contributed by atoms with Crippen molar-refractivity contribution in [2.45, 2.75) is 33.7 Å². The average molecular weight is 336 g/mol. The van der Waals surface area contributed by atoms with Crippen LogP contribution in [0.25, 0.3) is 5.78 Å². The molecule has 130 valence electrons. The summed E-state index contributed by atoms with van der Waals surface area (Å²) in [5.74, 6) is 1.79. The van der Waals surface area contributed by atoms with E-state index in [1.807, 2.05) is 11.4 Å². The molecule has 0 spiro atoms. The highest BCUT2D eigenvalue weighted by Gasteiger charge is 2.27. The molecule has 1 aliphatic rings. The predicted octanol–water partition coefficient (Wildman–Crippen LogP) is 2.76. The lowest BCUT2D eigenvalue weighted by molar-refractivity contribution is 0.542. The van der Waals surface area contributed by atoms with Crippen molar-refractivity contribution in [1.82, 2.24) is 19.6 Å². The van der Waals surface area contributed by atoms with Crippen molar-refractivity contribution in [2.75, 3.05) is 29.4 Å². The molecular weight excluding hydrogens is 312 g/mol. The first kappa shape index (κ1) is 15.9. The second-order valence-electron chi connectivity index (χ2n) is 6.95. The van der Waals surface area contributed by atoms with Crippen LogP contribution in [-0.4, -0.2) is 45.3 Å². The number of piperazine rings is 1. The highest BCUT2D eigenvalue weighted by atomic mass is 15.4. The van der Waals surface area contributed by atoms with Crippen LogP contribution in [0.3, 0.4) is 0 Å². The van der Waals surface area contributed by atoms with E-state index in [1.54, 1.807) is 6.33 Å². The molecule has 1 saturated heterocycles. The molecule has 1 aliphatic heterocycles. The molecule has 25 heavy (non-hydrogen) atoms.